The van der Waals surface area contributed by atoms with Crippen molar-refractivity contribution in [2.75, 3.05) is 12.3 Å². The first-order valence-electron chi connectivity index (χ1n) is 6.80. The predicted molar refractivity (Wildman–Crippen MR) is 80.8 cm³/mol. The molecule has 5 heteroatoms. The van der Waals surface area contributed by atoms with Gasteiger partial charge in [-0.05, 0) is 24.5 Å². The van der Waals surface area contributed by atoms with E-state index in [-0.39, 0.29) is 12.1 Å². The Morgan fingerprint density at radius 2 is 1.90 bits per heavy atom. The number of anilines is 1. The minimum absolute atomic E-state index is 0.116. The van der Waals surface area contributed by atoms with Crippen LogP contribution < -0.4 is 11.3 Å². The summed E-state index contributed by atoms with van der Waals surface area (Å²) in [6.07, 6.45) is 3.04. The van der Waals surface area contributed by atoms with Crippen molar-refractivity contribution in [2.24, 2.45) is 0 Å². The quantitative estimate of drug-likeness (QED) is 0.646. The van der Waals surface area contributed by atoms with Gasteiger partial charge in [0.25, 0.3) is 5.56 Å². The van der Waals surface area contributed by atoms with Gasteiger partial charge >= 0.3 is 5.97 Å². The van der Waals surface area contributed by atoms with Crippen molar-refractivity contribution >= 4 is 11.7 Å². The number of benzene rings is 1. The number of nitrogens with zero attached hydrogens (tertiary/aromatic N) is 1. The van der Waals surface area contributed by atoms with Crippen LogP contribution in [0.5, 0.6) is 0 Å². The maximum atomic E-state index is 11.7. The molecule has 0 fully saturated rings. The van der Waals surface area contributed by atoms with Crippen molar-refractivity contribution in [1.82, 2.24) is 4.57 Å². The molecule has 0 aliphatic rings. The van der Waals surface area contributed by atoms with E-state index >= 15 is 0 Å². The largest absolute Gasteiger partial charge is 0.464 e. The van der Waals surface area contributed by atoms with Gasteiger partial charge in [0, 0.05) is 18.0 Å². The zero-order chi connectivity index (χ0) is 15.1. The Hall–Kier alpha value is -2.56. The van der Waals surface area contributed by atoms with Gasteiger partial charge in [0.2, 0.25) is 0 Å². The van der Waals surface area contributed by atoms with Crippen LogP contribution in [0.3, 0.4) is 0 Å². The number of esters is 1. The summed E-state index contributed by atoms with van der Waals surface area (Å²) in [7, 11) is 0. The summed E-state index contributed by atoms with van der Waals surface area (Å²) in [5.74, 6) is -0.434. The van der Waals surface area contributed by atoms with Crippen LogP contribution in [0, 0.1) is 0 Å². The smallest absolute Gasteiger partial charge is 0.326 e. The van der Waals surface area contributed by atoms with Crippen LogP contribution >= 0.6 is 0 Å². The number of nitrogens with two attached hydrogens (primary N) is 1. The third-order valence-corrected chi connectivity index (χ3v) is 3.02. The molecule has 0 saturated carbocycles. The zero-order valence-electron chi connectivity index (χ0n) is 11.7. The maximum Gasteiger partial charge on any atom is 0.326 e. The molecule has 5 nitrogen and oxygen atoms in total. The topological polar surface area (TPSA) is 74.3 Å². The molecular weight excluding hydrogens is 268 g/mol. The Morgan fingerprint density at radius 3 is 2.67 bits per heavy atom. The zero-order valence-corrected chi connectivity index (χ0v) is 11.7. The molecule has 0 radical (unpaired) electrons. The molecule has 1 heterocycles. The van der Waals surface area contributed by atoms with Crippen LogP contribution in [0.4, 0.5) is 5.69 Å². The van der Waals surface area contributed by atoms with E-state index in [0.717, 1.165) is 12.8 Å². The summed E-state index contributed by atoms with van der Waals surface area (Å²) < 4.78 is 6.37. The monoisotopic (exact) mass is 286 g/mol. The van der Waals surface area contributed by atoms with Crippen LogP contribution in [-0.2, 0) is 22.5 Å². The standard InChI is InChI=1S/C16H18N2O3/c17-14-8-9-15(19)18(11-14)12-16(20)21-10-4-7-13-5-2-1-3-6-13/h1-3,5-6,8-9,11H,4,7,10,12,17H2. The van der Waals surface area contributed by atoms with Gasteiger partial charge in [0.15, 0.2) is 0 Å². The highest BCUT2D eigenvalue weighted by molar-refractivity contribution is 5.69. The molecule has 0 unspecified atom stereocenters. The van der Waals surface area contributed by atoms with E-state index in [9.17, 15) is 9.59 Å². The molecule has 0 aliphatic carbocycles. The summed E-state index contributed by atoms with van der Waals surface area (Å²) in [5.41, 5.74) is 6.95. The van der Waals surface area contributed by atoms with Gasteiger partial charge in [0.1, 0.15) is 6.54 Å². The van der Waals surface area contributed by atoms with Crippen molar-refractivity contribution < 1.29 is 9.53 Å². The Labute approximate surface area is 123 Å². The molecule has 2 rings (SSSR count). The molecular formula is C16H18N2O3. The second-order valence-corrected chi connectivity index (χ2v) is 4.74. The third-order valence-electron chi connectivity index (χ3n) is 3.02. The minimum atomic E-state index is -0.434. The fraction of sp³-hybridized carbons (Fsp3) is 0.250. The second kappa shape index (κ2) is 7.28. The summed E-state index contributed by atoms with van der Waals surface area (Å²) >= 11 is 0. The van der Waals surface area contributed by atoms with Crippen molar-refractivity contribution in [3.05, 3.63) is 64.6 Å². The number of aromatic nitrogens is 1. The van der Waals surface area contributed by atoms with Gasteiger partial charge in [-0.25, -0.2) is 0 Å². The van der Waals surface area contributed by atoms with Gasteiger partial charge < -0.3 is 15.0 Å². The number of rotatable bonds is 6. The van der Waals surface area contributed by atoms with Crippen LogP contribution in [0.15, 0.2) is 53.5 Å². The molecule has 0 saturated heterocycles. The van der Waals surface area contributed by atoms with Gasteiger partial charge in [0.05, 0.1) is 6.61 Å². The van der Waals surface area contributed by atoms with E-state index in [1.54, 1.807) is 0 Å². The van der Waals surface area contributed by atoms with Crippen LogP contribution in [-0.4, -0.2) is 17.1 Å². The number of carbonyl (C=O) groups is 1. The van der Waals surface area contributed by atoms with E-state index in [1.807, 2.05) is 30.3 Å². The number of nitrogen functional groups attached to an aromatic ring is 1. The predicted octanol–water partition coefficient (Wildman–Crippen LogP) is 1.61. The van der Waals surface area contributed by atoms with Crippen molar-refractivity contribution in [3.63, 3.8) is 0 Å². The molecule has 1 aromatic carbocycles. The highest BCUT2D eigenvalue weighted by atomic mass is 16.5. The molecule has 0 bridgehead atoms. The summed E-state index contributed by atoms with van der Waals surface area (Å²) in [6.45, 7) is 0.222. The highest BCUT2D eigenvalue weighted by Gasteiger charge is 2.06. The van der Waals surface area contributed by atoms with Gasteiger partial charge in [-0.15, -0.1) is 0 Å². The van der Waals surface area contributed by atoms with E-state index in [1.165, 1.54) is 28.5 Å². The number of pyridine rings is 1. The number of hydrogen-bond donors (Lipinski definition) is 1. The minimum Gasteiger partial charge on any atom is -0.464 e. The van der Waals surface area contributed by atoms with Crippen LogP contribution in [0.2, 0.25) is 0 Å². The summed E-state index contributed by atoms with van der Waals surface area (Å²) in [6, 6.07) is 12.8. The fourth-order valence-electron chi connectivity index (χ4n) is 1.97. The Bertz CT molecular complexity index is 650. The lowest BCUT2D eigenvalue weighted by Gasteiger charge is -2.07. The van der Waals surface area contributed by atoms with Crippen LogP contribution in [0.1, 0.15) is 12.0 Å². The lowest BCUT2D eigenvalue weighted by Crippen LogP contribution is -2.24. The molecule has 0 aliphatic heterocycles. The third kappa shape index (κ3) is 4.80. The fourth-order valence-corrected chi connectivity index (χ4v) is 1.97. The summed E-state index contributed by atoms with van der Waals surface area (Å²) in [5, 5.41) is 0. The second-order valence-electron chi connectivity index (χ2n) is 4.74. The first kappa shape index (κ1) is 14.8. The number of ether oxygens (including phenoxy) is 1. The highest BCUT2D eigenvalue weighted by Crippen LogP contribution is 2.02. The molecule has 21 heavy (non-hydrogen) atoms. The van der Waals surface area contributed by atoms with E-state index in [0.29, 0.717) is 12.3 Å². The first-order chi connectivity index (χ1) is 10.1. The Kier molecular flexibility index (Phi) is 5.15. The molecule has 110 valence electrons. The number of aryl methyl sites for hydroxylation is 1. The van der Waals surface area contributed by atoms with Gasteiger partial charge in [-0.1, -0.05) is 30.3 Å². The Balaban J connectivity index is 1.75. The molecule has 1 aromatic heterocycles. The van der Waals surface area contributed by atoms with Gasteiger partial charge in [-0.2, -0.15) is 0 Å². The lowest BCUT2D eigenvalue weighted by molar-refractivity contribution is -0.144. The van der Waals surface area contributed by atoms with Gasteiger partial charge in [-0.3, -0.25) is 9.59 Å². The maximum absolute atomic E-state index is 11.7. The average molecular weight is 286 g/mol. The first-order valence-corrected chi connectivity index (χ1v) is 6.80. The Morgan fingerprint density at radius 1 is 1.14 bits per heavy atom. The molecule has 2 N–H and O–H groups in total. The van der Waals surface area contributed by atoms with E-state index in [2.05, 4.69) is 0 Å². The molecule has 0 atom stereocenters. The lowest BCUT2D eigenvalue weighted by atomic mass is 10.1. The summed E-state index contributed by atoms with van der Waals surface area (Å²) in [4.78, 5) is 23.2. The molecule has 2 aromatic rings. The van der Waals surface area contributed by atoms with Crippen molar-refractivity contribution in [1.29, 1.82) is 0 Å². The number of carbonyl (C=O) groups excluding carboxylic acids is 1. The van der Waals surface area contributed by atoms with Crippen LogP contribution in [0.25, 0.3) is 0 Å². The van der Waals surface area contributed by atoms with Crippen molar-refractivity contribution in [3.8, 4) is 0 Å². The average Bonchev–Trinajstić information content (AvgIpc) is 2.48. The van der Waals surface area contributed by atoms with E-state index in [4.69, 9.17) is 10.5 Å². The normalized spacial score (nSPS) is 10.3. The molecule has 0 amide bonds. The van der Waals surface area contributed by atoms with E-state index < -0.39 is 5.97 Å². The molecule has 0 spiro atoms. The SMILES string of the molecule is Nc1ccc(=O)n(CC(=O)OCCCc2ccccc2)c1. The number of hydrogen-bond acceptors (Lipinski definition) is 4. The van der Waals surface area contributed by atoms with Crippen molar-refractivity contribution in [2.45, 2.75) is 19.4 Å².